The van der Waals surface area contributed by atoms with Gasteiger partial charge in [-0.3, -0.25) is 0 Å². The number of aromatic nitrogens is 1. The molecule has 0 aliphatic heterocycles. The third-order valence-corrected chi connectivity index (χ3v) is 2.44. The molecule has 4 nitrogen and oxygen atoms in total. The van der Waals surface area contributed by atoms with Gasteiger partial charge in [0, 0.05) is 18.7 Å². The van der Waals surface area contributed by atoms with Gasteiger partial charge in [-0.2, -0.15) is 13.2 Å². The number of halogens is 3. The van der Waals surface area contributed by atoms with Crippen LogP contribution in [0.25, 0.3) is 0 Å². The summed E-state index contributed by atoms with van der Waals surface area (Å²) < 4.78 is 42.9. The number of rotatable bonds is 6. The van der Waals surface area contributed by atoms with E-state index >= 15 is 0 Å². The van der Waals surface area contributed by atoms with Crippen LogP contribution in [0, 0.1) is 0 Å². The first-order chi connectivity index (χ1) is 8.84. The van der Waals surface area contributed by atoms with E-state index in [-0.39, 0.29) is 12.4 Å². The van der Waals surface area contributed by atoms with E-state index in [2.05, 4.69) is 4.98 Å². The van der Waals surface area contributed by atoms with E-state index in [0.29, 0.717) is 18.6 Å². The molecule has 0 fully saturated rings. The SMILES string of the molecule is CN(C)CCCOc1nc(C(F)(F)F)ccc1CN. The van der Waals surface area contributed by atoms with E-state index in [4.69, 9.17) is 10.5 Å². The monoisotopic (exact) mass is 277 g/mol. The van der Waals surface area contributed by atoms with Crippen LogP contribution in [0.15, 0.2) is 12.1 Å². The highest BCUT2D eigenvalue weighted by Crippen LogP contribution is 2.30. The van der Waals surface area contributed by atoms with Crippen LogP contribution in [-0.2, 0) is 12.7 Å². The Bertz CT molecular complexity index is 408. The number of alkyl halides is 3. The molecule has 0 spiro atoms. The summed E-state index contributed by atoms with van der Waals surface area (Å²) in [4.78, 5) is 5.46. The summed E-state index contributed by atoms with van der Waals surface area (Å²) in [5.74, 6) is -0.0314. The van der Waals surface area contributed by atoms with E-state index in [9.17, 15) is 13.2 Å². The summed E-state index contributed by atoms with van der Waals surface area (Å²) in [6.07, 6.45) is -3.77. The minimum atomic E-state index is -4.48. The highest BCUT2D eigenvalue weighted by Gasteiger charge is 2.33. The van der Waals surface area contributed by atoms with E-state index in [1.54, 1.807) is 0 Å². The van der Waals surface area contributed by atoms with Gasteiger partial charge in [0.2, 0.25) is 5.88 Å². The Balaban J connectivity index is 2.73. The van der Waals surface area contributed by atoms with Gasteiger partial charge in [0.15, 0.2) is 0 Å². The standard InChI is InChI=1S/C12H18F3N3O/c1-18(2)6-3-7-19-11-9(8-16)4-5-10(17-11)12(13,14)15/h4-5H,3,6-8,16H2,1-2H3. The molecule has 7 heteroatoms. The lowest BCUT2D eigenvalue weighted by molar-refractivity contribution is -0.141. The molecule has 1 aromatic rings. The van der Waals surface area contributed by atoms with Crippen molar-refractivity contribution in [2.75, 3.05) is 27.2 Å². The first-order valence-electron chi connectivity index (χ1n) is 5.89. The predicted octanol–water partition coefficient (Wildman–Crippen LogP) is 1.89. The third kappa shape index (κ3) is 5.04. The zero-order valence-corrected chi connectivity index (χ0v) is 11.0. The summed E-state index contributed by atoms with van der Waals surface area (Å²) in [5, 5.41) is 0. The highest BCUT2D eigenvalue weighted by molar-refractivity contribution is 5.29. The minimum Gasteiger partial charge on any atom is -0.477 e. The molecule has 0 aliphatic carbocycles. The zero-order chi connectivity index (χ0) is 14.5. The number of nitrogens with two attached hydrogens (primary N) is 1. The maximum absolute atomic E-state index is 12.5. The molecule has 2 N–H and O–H groups in total. The second-order valence-electron chi connectivity index (χ2n) is 4.37. The van der Waals surface area contributed by atoms with Gasteiger partial charge in [-0.15, -0.1) is 0 Å². The number of nitrogens with zero attached hydrogens (tertiary/aromatic N) is 2. The highest BCUT2D eigenvalue weighted by atomic mass is 19.4. The molecule has 1 heterocycles. The van der Waals surface area contributed by atoms with Gasteiger partial charge < -0.3 is 15.4 Å². The van der Waals surface area contributed by atoms with Crippen molar-refractivity contribution in [2.24, 2.45) is 5.73 Å². The van der Waals surface area contributed by atoms with Crippen molar-refractivity contribution in [1.82, 2.24) is 9.88 Å². The quantitative estimate of drug-likeness (QED) is 0.807. The number of ether oxygens (including phenoxy) is 1. The molecule has 0 atom stereocenters. The van der Waals surface area contributed by atoms with Crippen molar-refractivity contribution < 1.29 is 17.9 Å². The van der Waals surface area contributed by atoms with Gasteiger partial charge in [0.05, 0.1) is 6.61 Å². The third-order valence-electron chi connectivity index (χ3n) is 2.44. The van der Waals surface area contributed by atoms with E-state index in [1.807, 2.05) is 19.0 Å². The zero-order valence-electron chi connectivity index (χ0n) is 11.0. The molecule has 108 valence electrons. The molecule has 0 radical (unpaired) electrons. The number of pyridine rings is 1. The van der Waals surface area contributed by atoms with Gasteiger partial charge in [0.1, 0.15) is 5.69 Å². The topological polar surface area (TPSA) is 51.4 Å². The van der Waals surface area contributed by atoms with Crippen LogP contribution in [0.1, 0.15) is 17.7 Å². The van der Waals surface area contributed by atoms with E-state index < -0.39 is 11.9 Å². The molecule has 1 rings (SSSR count). The van der Waals surface area contributed by atoms with Crippen LogP contribution in [-0.4, -0.2) is 37.1 Å². The second kappa shape index (κ2) is 6.72. The molecule has 19 heavy (non-hydrogen) atoms. The van der Waals surface area contributed by atoms with Gasteiger partial charge in [-0.25, -0.2) is 4.98 Å². The summed E-state index contributed by atoms with van der Waals surface area (Å²) in [6, 6.07) is 2.21. The van der Waals surface area contributed by atoms with E-state index in [0.717, 1.165) is 12.6 Å². The van der Waals surface area contributed by atoms with Crippen molar-refractivity contribution in [3.8, 4) is 5.88 Å². The van der Waals surface area contributed by atoms with Crippen LogP contribution in [0.4, 0.5) is 13.2 Å². The summed E-state index contributed by atoms with van der Waals surface area (Å²) >= 11 is 0. The Hall–Kier alpha value is -1.34. The lowest BCUT2D eigenvalue weighted by Crippen LogP contribution is -2.17. The van der Waals surface area contributed by atoms with Gasteiger partial charge in [-0.05, 0) is 26.6 Å². The molecule has 0 unspecified atom stereocenters. The Labute approximate surface area is 110 Å². The maximum atomic E-state index is 12.5. The molecule has 0 aliphatic rings. The Morgan fingerprint density at radius 1 is 1.32 bits per heavy atom. The Morgan fingerprint density at radius 2 is 2.00 bits per heavy atom. The summed E-state index contributed by atoms with van der Waals surface area (Å²) in [7, 11) is 3.82. The van der Waals surface area contributed by atoms with Crippen molar-refractivity contribution >= 4 is 0 Å². The van der Waals surface area contributed by atoms with Crippen molar-refractivity contribution in [1.29, 1.82) is 0 Å². The maximum Gasteiger partial charge on any atom is 0.433 e. The van der Waals surface area contributed by atoms with Crippen molar-refractivity contribution in [3.63, 3.8) is 0 Å². The fraction of sp³-hybridized carbons (Fsp3) is 0.583. The summed E-state index contributed by atoms with van der Waals surface area (Å²) in [6.45, 7) is 1.19. The van der Waals surface area contributed by atoms with Crippen molar-refractivity contribution in [2.45, 2.75) is 19.1 Å². The molecule has 1 aromatic heterocycles. The molecular weight excluding hydrogens is 259 g/mol. The molecule has 0 amide bonds. The molecule has 0 saturated heterocycles. The normalized spacial score (nSPS) is 11.9. The predicted molar refractivity (Wildman–Crippen MR) is 65.8 cm³/mol. The first kappa shape index (κ1) is 15.7. The van der Waals surface area contributed by atoms with Crippen LogP contribution in [0.5, 0.6) is 5.88 Å². The molecule has 0 aromatic carbocycles. The van der Waals surface area contributed by atoms with Gasteiger partial charge in [0.25, 0.3) is 0 Å². The smallest absolute Gasteiger partial charge is 0.433 e. The Morgan fingerprint density at radius 3 is 2.53 bits per heavy atom. The molecular formula is C12H18F3N3O. The first-order valence-corrected chi connectivity index (χ1v) is 5.89. The second-order valence-corrected chi connectivity index (χ2v) is 4.37. The summed E-state index contributed by atoms with van der Waals surface area (Å²) in [5.41, 5.74) is 4.96. The average Bonchev–Trinajstić information content (AvgIpc) is 2.33. The lowest BCUT2D eigenvalue weighted by Gasteiger charge is -2.13. The minimum absolute atomic E-state index is 0.0314. The van der Waals surface area contributed by atoms with Crippen molar-refractivity contribution in [3.05, 3.63) is 23.4 Å². The fourth-order valence-corrected chi connectivity index (χ4v) is 1.46. The Kier molecular flexibility index (Phi) is 5.56. The van der Waals surface area contributed by atoms with Crippen LogP contribution in [0.3, 0.4) is 0 Å². The largest absolute Gasteiger partial charge is 0.477 e. The van der Waals surface area contributed by atoms with Crippen LogP contribution in [0.2, 0.25) is 0 Å². The molecule has 0 bridgehead atoms. The van der Waals surface area contributed by atoms with E-state index in [1.165, 1.54) is 6.07 Å². The fourth-order valence-electron chi connectivity index (χ4n) is 1.46. The van der Waals surface area contributed by atoms with Gasteiger partial charge >= 0.3 is 6.18 Å². The molecule has 0 saturated carbocycles. The van der Waals surface area contributed by atoms with Gasteiger partial charge in [-0.1, -0.05) is 6.07 Å². The van der Waals surface area contributed by atoms with Crippen LogP contribution >= 0.6 is 0 Å². The average molecular weight is 277 g/mol. The number of hydrogen-bond donors (Lipinski definition) is 1. The number of hydrogen-bond acceptors (Lipinski definition) is 4. The lowest BCUT2D eigenvalue weighted by atomic mass is 10.2. The van der Waals surface area contributed by atoms with Crippen LogP contribution < -0.4 is 10.5 Å².